The molecule has 5 rings (SSSR count). The first-order valence-electron chi connectivity index (χ1n) is 11.7. The van der Waals surface area contributed by atoms with Crippen LogP contribution in [0.2, 0.25) is 5.02 Å². The molecule has 0 radical (unpaired) electrons. The van der Waals surface area contributed by atoms with E-state index in [2.05, 4.69) is 34.5 Å². The molecular formula is C28H28ClN3O. The minimum atomic E-state index is -0.474. The molecule has 0 aliphatic carbocycles. The Bertz CT molecular complexity index is 1150. The summed E-state index contributed by atoms with van der Waals surface area (Å²) in [5.41, 5.74) is 5.52. The Hall–Kier alpha value is -2.95. The van der Waals surface area contributed by atoms with Crippen molar-refractivity contribution in [1.29, 1.82) is 0 Å². The van der Waals surface area contributed by atoms with E-state index in [-0.39, 0.29) is 5.91 Å². The van der Waals surface area contributed by atoms with E-state index in [0.717, 1.165) is 41.2 Å². The number of piperidine rings is 1. The molecule has 0 bridgehead atoms. The first kappa shape index (κ1) is 21.9. The standard InChI is InChI=1S/C28H28ClN3O/c29-22-11-14-24-25(19-22)31-28(33)26(24)27(21-7-3-1-4-8-21)30-23-12-9-20(10-13-23)15-18-32-16-5-2-6-17-32/h1,3-4,7-14,19,26H,2,5-6,15-18H2,(H,31,33). The highest BCUT2D eigenvalue weighted by molar-refractivity contribution is 6.31. The highest BCUT2D eigenvalue weighted by Crippen LogP contribution is 2.37. The van der Waals surface area contributed by atoms with Gasteiger partial charge in [-0.05, 0) is 73.3 Å². The smallest absolute Gasteiger partial charge is 0.238 e. The van der Waals surface area contributed by atoms with E-state index in [4.69, 9.17) is 16.6 Å². The second kappa shape index (κ2) is 9.90. The van der Waals surface area contributed by atoms with Crippen LogP contribution < -0.4 is 5.32 Å². The van der Waals surface area contributed by atoms with Crippen molar-refractivity contribution in [2.24, 2.45) is 4.99 Å². The summed E-state index contributed by atoms with van der Waals surface area (Å²) in [6.07, 6.45) is 5.05. The lowest BCUT2D eigenvalue weighted by molar-refractivity contribution is -0.115. The molecule has 1 amide bonds. The average Bonchev–Trinajstić information content (AvgIpc) is 3.17. The van der Waals surface area contributed by atoms with E-state index < -0.39 is 5.92 Å². The van der Waals surface area contributed by atoms with Crippen molar-refractivity contribution in [2.75, 3.05) is 25.0 Å². The number of anilines is 1. The van der Waals surface area contributed by atoms with Gasteiger partial charge in [0.1, 0.15) is 5.92 Å². The molecule has 33 heavy (non-hydrogen) atoms. The van der Waals surface area contributed by atoms with Crippen LogP contribution in [0.25, 0.3) is 0 Å². The number of likely N-dealkylation sites (tertiary alicyclic amines) is 1. The third-order valence-electron chi connectivity index (χ3n) is 6.54. The first-order chi connectivity index (χ1) is 16.2. The highest BCUT2D eigenvalue weighted by atomic mass is 35.5. The lowest BCUT2D eigenvalue weighted by Gasteiger charge is -2.26. The van der Waals surface area contributed by atoms with Gasteiger partial charge in [-0.1, -0.05) is 66.6 Å². The zero-order valence-corrected chi connectivity index (χ0v) is 19.4. The maximum Gasteiger partial charge on any atom is 0.238 e. The summed E-state index contributed by atoms with van der Waals surface area (Å²) in [5, 5.41) is 3.58. The van der Waals surface area contributed by atoms with E-state index in [1.807, 2.05) is 42.5 Å². The van der Waals surface area contributed by atoms with Crippen molar-refractivity contribution < 1.29 is 4.79 Å². The quantitative estimate of drug-likeness (QED) is 0.446. The van der Waals surface area contributed by atoms with E-state index in [9.17, 15) is 4.79 Å². The zero-order valence-electron chi connectivity index (χ0n) is 18.6. The van der Waals surface area contributed by atoms with Gasteiger partial charge >= 0.3 is 0 Å². The molecule has 168 valence electrons. The van der Waals surface area contributed by atoms with Crippen LogP contribution in [0.5, 0.6) is 0 Å². The number of fused-ring (bicyclic) bond motifs is 1. The van der Waals surface area contributed by atoms with Crippen molar-refractivity contribution in [2.45, 2.75) is 31.6 Å². The number of benzene rings is 3. The molecule has 0 spiro atoms. The number of aliphatic imine (C=N–C) groups is 1. The Kier molecular flexibility index (Phi) is 6.56. The summed E-state index contributed by atoms with van der Waals surface area (Å²) in [7, 11) is 0. The van der Waals surface area contributed by atoms with Gasteiger partial charge < -0.3 is 10.2 Å². The second-order valence-electron chi connectivity index (χ2n) is 8.84. The molecule has 1 saturated heterocycles. The van der Waals surface area contributed by atoms with Crippen LogP contribution in [0.4, 0.5) is 11.4 Å². The maximum absolute atomic E-state index is 13.0. The third kappa shape index (κ3) is 5.02. The molecule has 1 atom stereocenters. The molecule has 0 aromatic heterocycles. The van der Waals surface area contributed by atoms with Crippen LogP contribution in [0, 0.1) is 0 Å². The topological polar surface area (TPSA) is 44.7 Å². The zero-order chi connectivity index (χ0) is 22.6. The molecule has 3 aromatic carbocycles. The molecule has 0 saturated carbocycles. The number of hydrogen-bond acceptors (Lipinski definition) is 3. The largest absolute Gasteiger partial charge is 0.325 e. The summed E-state index contributed by atoms with van der Waals surface area (Å²) in [4.78, 5) is 20.5. The molecule has 2 heterocycles. The van der Waals surface area contributed by atoms with E-state index in [1.54, 1.807) is 6.07 Å². The molecule has 1 N–H and O–H groups in total. The van der Waals surface area contributed by atoms with Gasteiger partial charge in [-0.25, -0.2) is 0 Å². The van der Waals surface area contributed by atoms with Crippen molar-refractivity contribution in [3.05, 3.63) is 94.5 Å². The van der Waals surface area contributed by atoms with Crippen LogP contribution in [0.1, 0.15) is 41.9 Å². The molecule has 3 aromatic rings. The van der Waals surface area contributed by atoms with Crippen molar-refractivity contribution in [3.63, 3.8) is 0 Å². The number of rotatable bonds is 6. The molecule has 2 aliphatic rings. The maximum atomic E-state index is 13.0. The normalized spacial score (nSPS) is 18.8. The minimum Gasteiger partial charge on any atom is -0.325 e. The van der Waals surface area contributed by atoms with Gasteiger partial charge in [-0.2, -0.15) is 0 Å². The molecule has 5 heteroatoms. The van der Waals surface area contributed by atoms with Gasteiger partial charge in [0.05, 0.1) is 11.4 Å². The number of nitrogens with one attached hydrogen (secondary N) is 1. The summed E-state index contributed by atoms with van der Waals surface area (Å²) < 4.78 is 0. The van der Waals surface area contributed by atoms with Gasteiger partial charge in [0.15, 0.2) is 0 Å². The highest BCUT2D eigenvalue weighted by Gasteiger charge is 2.35. The number of hydrogen-bond donors (Lipinski definition) is 1. The predicted molar refractivity (Wildman–Crippen MR) is 136 cm³/mol. The van der Waals surface area contributed by atoms with E-state index in [1.165, 1.54) is 37.9 Å². The Morgan fingerprint density at radius 1 is 0.970 bits per heavy atom. The van der Waals surface area contributed by atoms with Gasteiger partial charge in [0.2, 0.25) is 5.91 Å². The van der Waals surface area contributed by atoms with Gasteiger partial charge in [0, 0.05) is 17.3 Å². The van der Waals surface area contributed by atoms with Crippen LogP contribution in [-0.4, -0.2) is 36.2 Å². The first-order valence-corrected chi connectivity index (χ1v) is 12.1. The lowest BCUT2D eigenvalue weighted by Crippen LogP contribution is -2.31. The van der Waals surface area contributed by atoms with Crippen LogP contribution in [-0.2, 0) is 11.2 Å². The number of carbonyl (C=O) groups is 1. The fourth-order valence-electron chi connectivity index (χ4n) is 4.76. The number of halogens is 1. The average molecular weight is 458 g/mol. The molecule has 4 nitrogen and oxygen atoms in total. The molecular weight excluding hydrogens is 430 g/mol. The Morgan fingerprint density at radius 2 is 1.73 bits per heavy atom. The van der Waals surface area contributed by atoms with Crippen molar-refractivity contribution >= 4 is 34.6 Å². The minimum absolute atomic E-state index is 0.0759. The monoisotopic (exact) mass is 457 g/mol. The molecule has 2 aliphatic heterocycles. The number of carbonyl (C=O) groups excluding carboxylic acids is 1. The van der Waals surface area contributed by atoms with Crippen LogP contribution >= 0.6 is 11.6 Å². The fourth-order valence-corrected chi connectivity index (χ4v) is 4.93. The van der Waals surface area contributed by atoms with Gasteiger partial charge in [-0.3, -0.25) is 9.79 Å². The van der Waals surface area contributed by atoms with Gasteiger partial charge in [0.25, 0.3) is 0 Å². The van der Waals surface area contributed by atoms with Crippen LogP contribution in [0.15, 0.2) is 77.8 Å². The van der Waals surface area contributed by atoms with Crippen molar-refractivity contribution in [1.82, 2.24) is 4.90 Å². The van der Waals surface area contributed by atoms with E-state index >= 15 is 0 Å². The summed E-state index contributed by atoms with van der Waals surface area (Å²) >= 11 is 6.15. The van der Waals surface area contributed by atoms with Crippen molar-refractivity contribution in [3.8, 4) is 0 Å². The van der Waals surface area contributed by atoms with E-state index in [0.29, 0.717) is 5.02 Å². The Labute approximate surface area is 200 Å². The number of amides is 1. The molecule has 1 fully saturated rings. The SMILES string of the molecule is O=C1Nc2cc(Cl)ccc2C1C(=Nc1ccc(CCN2CCCCC2)cc1)c1ccccc1. The summed E-state index contributed by atoms with van der Waals surface area (Å²) in [6.45, 7) is 3.55. The Balaban J connectivity index is 1.42. The fraction of sp³-hybridized carbons (Fsp3) is 0.286. The lowest BCUT2D eigenvalue weighted by atomic mass is 9.90. The third-order valence-corrected chi connectivity index (χ3v) is 6.78. The van der Waals surface area contributed by atoms with Crippen LogP contribution in [0.3, 0.4) is 0 Å². The summed E-state index contributed by atoms with van der Waals surface area (Å²) in [6, 6.07) is 23.9. The van der Waals surface area contributed by atoms with Gasteiger partial charge in [-0.15, -0.1) is 0 Å². The summed E-state index contributed by atoms with van der Waals surface area (Å²) in [5.74, 6) is -0.550. The second-order valence-corrected chi connectivity index (χ2v) is 9.27. The number of nitrogens with zero attached hydrogens (tertiary/aromatic N) is 2. The Morgan fingerprint density at radius 3 is 2.48 bits per heavy atom. The molecule has 1 unspecified atom stereocenters. The predicted octanol–water partition coefficient (Wildman–Crippen LogP) is 6.23.